The predicted molar refractivity (Wildman–Crippen MR) is 41.2 cm³/mol. The number of aliphatic hydroxyl groups is 1. The zero-order chi connectivity index (χ0) is 9.94. The minimum atomic E-state index is -2.24. The topological polar surface area (TPSA) is 86.6 Å². The molecule has 0 heterocycles. The predicted octanol–water partition coefficient (Wildman–Crippen LogP) is -0.528. The molecule has 0 aliphatic heterocycles. The van der Waals surface area contributed by atoms with Crippen LogP contribution in [0.15, 0.2) is 12.2 Å². The molecule has 0 aliphatic rings. The normalized spacial score (nSPS) is 14.6. The summed E-state index contributed by atoms with van der Waals surface area (Å²) >= 11 is 0. The SMILES string of the molecule is C=C(C)C(=O)NC(C)(O)C(=O)O. The Morgan fingerprint density at radius 1 is 1.50 bits per heavy atom. The molecule has 0 aliphatic carbocycles. The van der Waals surface area contributed by atoms with Crippen molar-refractivity contribution < 1.29 is 19.8 Å². The molecule has 0 saturated heterocycles. The highest BCUT2D eigenvalue weighted by atomic mass is 16.4. The summed E-state index contributed by atoms with van der Waals surface area (Å²) in [5, 5.41) is 19.3. The molecule has 0 spiro atoms. The van der Waals surface area contributed by atoms with Gasteiger partial charge >= 0.3 is 5.97 Å². The molecule has 3 N–H and O–H groups in total. The van der Waals surface area contributed by atoms with Crippen LogP contribution in [0.4, 0.5) is 0 Å². The van der Waals surface area contributed by atoms with Gasteiger partial charge in [0.15, 0.2) is 0 Å². The van der Waals surface area contributed by atoms with Gasteiger partial charge in [-0.25, -0.2) is 4.79 Å². The molecular formula is C7H11NO4. The van der Waals surface area contributed by atoms with Gasteiger partial charge in [0.2, 0.25) is 11.6 Å². The van der Waals surface area contributed by atoms with E-state index in [4.69, 9.17) is 10.2 Å². The van der Waals surface area contributed by atoms with Crippen LogP contribution in [-0.4, -0.2) is 27.8 Å². The highest BCUT2D eigenvalue weighted by Gasteiger charge is 2.31. The maximum atomic E-state index is 10.8. The highest BCUT2D eigenvalue weighted by Crippen LogP contribution is 1.99. The van der Waals surface area contributed by atoms with E-state index in [1.807, 2.05) is 5.32 Å². The molecule has 0 fully saturated rings. The molecule has 5 nitrogen and oxygen atoms in total. The lowest BCUT2D eigenvalue weighted by Crippen LogP contribution is -2.52. The molecule has 12 heavy (non-hydrogen) atoms. The first kappa shape index (κ1) is 10.6. The van der Waals surface area contributed by atoms with E-state index in [0.717, 1.165) is 6.92 Å². The van der Waals surface area contributed by atoms with Crippen molar-refractivity contribution in [2.75, 3.05) is 0 Å². The Balaban J connectivity index is 4.35. The van der Waals surface area contributed by atoms with Crippen molar-refractivity contribution in [3.8, 4) is 0 Å². The molecule has 0 aromatic carbocycles. The number of carbonyl (C=O) groups is 2. The summed E-state index contributed by atoms with van der Waals surface area (Å²) in [5.41, 5.74) is -2.10. The van der Waals surface area contributed by atoms with Crippen molar-refractivity contribution in [2.45, 2.75) is 19.6 Å². The Labute approximate surface area is 69.7 Å². The van der Waals surface area contributed by atoms with Crippen molar-refractivity contribution >= 4 is 11.9 Å². The van der Waals surface area contributed by atoms with E-state index in [9.17, 15) is 9.59 Å². The lowest BCUT2D eigenvalue weighted by Gasteiger charge is -2.19. The second-order valence-electron chi connectivity index (χ2n) is 2.61. The summed E-state index contributed by atoms with van der Waals surface area (Å²) in [6.45, 7) is 5.66. The number of carboxylic acid groups (broad SMARTS) is 1. The monoisotopic (exact) mass is 173 g/mol. The van der Waals surface area contributed by atoms with Crippen LogP contribution in [0.1, 0.15) is 13.8 Å². The third-order valence-corrected chi connectivity index (χ3v) is 1.16. The zero-order valence-electron chi connectivity index (χ0n) is 6.92. The summed E-state index contributed by atoms with van der Waals surface area (Å²) in [7, 11) is 0. The Kier molecular flexibility index (Phi) is 2.98. The number of carboxylic acids is 1. The molecule has 0 aromatic rings. The third-order valence-electron chi connectivity index (χ3n) is 1.16. The van der Waals surface area contributed by atoms with Crippen molar-refractivity contribution in [1.29, 1.82) is 0 Å². The van der Waals surface area contributed by atoms with E-state index in [2.05, 4.69) is 6.58 Å². The summed E-state index contributed by atoms with van der Waals surface area (Å²) < 4.78 is 0. The van der Waals surface area contributed by atoms with Crippen LogP contribution in [0.5, 0.6) is 0 Å². The molecule has 0 saturated carbocycles. The fourth-order valence-electron chi connectivity index (χ4n) is 0.381. The molecule has 68 valence electrons. The van der Waals surface area contributed by atoms with E-state index in [1.54, 1.807) is 0 Å². The molecule has 0 rings (SSSR count). The van der Waals surface area contributed by atoms with E-state index >= 15 is 0 Å². The minimum Gasteiger partial charge on any atom is -0.478 e. The molecule has 0 bridgehead atoms. The smallest absolute Gasteiger partial charge is 0.356 e. The second-order valence-corrected chi connectivity index (χ2v) is 2.61. The summed E-state index contributed by atoms with van der Waals surface area (Å²) in [6.07, 6.45) is 0. The van der Waals surface area contributed by atoms with Gasteiger partial charge in [0.25, 0.3) is 0 Å². The molecule has 1 amide bonds. The fourth-order valence-corrected chi connectivity index (χ4v) is 0.381. The third kappa shape index (κ3) is 2.71. The number of hydrogen-bond donors (Lipinski definition) is 3. The van der Waals surface area contributed by atoms with Crippen LogP contribution in [-0.2, 0) is 9.59 Å². The highest BCUT2D eigenvalue weighted by molar-refractivity contribution is 5.95. The Morgan fingerprint density at radius 3 is 2.17 bits per heavy atom. The van der Waals surface area contributed by atoms with Gasteiger partial charge in [0.1, 0.15) is 0 Å². The fraction of sp³-hybridized carbons (Fsp3) is 0.429. The Bertz CT molecular complexity index is 232. The van der Waals surface area contributed by atoms with Crippen LogP contribution in [0.25, 0.3) is 0 Å². The van der Waals surface area contributed by atoms with Crippen LogP contribution in [0, 0.1) is 0 Å². The molecule has 0 aromatic heterocycles. The number of rotatable bonds is 3. The Hall–Kier alpha value is -1.36. The number of amides is 1. The van der Waals surface area contributed by atoms with E-state index in [0.29, 0.717) is 0 Å². The lowest BCUT2D eigenvalue weighted by atomic mass is 10.2. The van der Waals surface area contributed by atoms with Crippen molar-refractivity contribution in [1.82, 2.24) is 5.32 Å². The number of hydrogen-bond acceptors (Lipinski definition) is 3. The minimum absolute atomic E-state index is 0.136. The first-order valence-electron chi connectivity index (χ1n) is 3.21. The molecule has 5 heteroatoms. The van der Waals surface area contributed by atoms with Gasteiger partial charge in [-0.1, -0.05) is 6.58 Å². The average Bonchev–Trinajstić information content (AvgIpc) is 1.85. The summed E-state index contributed by atoms with van der Waals surface area (Å²) in [6, 6.07) is 0. The molecular weight excluding hydrogens is 162 g/mol. The number of carbonyl (C=O) groups excluding carboxylic acids is 1. The first-order chi connectivity index (χ1) is 5.27. The van der Waals surface area contributed by atoms with Crippen LogP contribution >= 0.6 is 0 Å². The van der Waals surface area contributed by atoms with Crippen LogP contribution < -0.4 is 5.32 Å². The van der Waals surface area contributed by atoms with Crippen molar-refractivity contribution in [2.24, 2.45) is 0 Å². The zero-order valence-corrected chi connectivity index (χ0v) is 6.92. The van der Waals surface area contributed by atoms with Gasteiger partial charge in [-0.15, -0.1) is 0 Å². The van der Waals surface area contributed by atoms with Crippen LogP contribution in [0.2, 0.25) is 0 Å². The first-order valence-corrected chi connectivity index (χ1v) is 3.21. The number of nitrogens with one attached hydrogen (secondary N) is 1. The lowest BCUT2D eigenvalue weighted by molar-refractivity contribution is -0.162. The van der Waals surface area contributed by atoms with Crippen LogP contribution in [0.3, 0.4) is 0 Å². The molecule has 0 radical (unpaired) electrons. The van der Waals surface area contributed by atoms with Crippen molar-refractivity contribution in [3.63, 3.8) is 0 Å². The van der Waals surface area contributed by atoms with Gasteiger partial charge in [0.05, 0.1) is 0 Å². The van der Waals surface area contributed by atoms with Crippen molar-refractivity contribution in [3.05, 3.63) is 12.2 Å². The Morgan fingerprint density at radius 2 is 1.92 bits per heavy atom. The second kappa shape index (κ2) is 3.36. The van der Waals surface area contributed by atoms with Gasteiger partial charge < -0.3 is 15.5 Å². The van der Waals surface area contributed by atoms with Gasteiger partial charge in [0, 0.05) is 5.57 Å². The standard InChI is InChI=1S/C7H11NO4/c1-4(2)5(9)8-7(3,12)6(10)11/h12H,1H2,2-3H3,(H,8,9)(H,10,11). The molecule has 1 atom stereocenters. The average molecular weight is 173 g/mol. The van der Waals surface area contributed by atoms with Gasteiger partial charge in [-0.2, -0.15) is 0 Å². The maximum Gasteiger partial charge on any atom is 0.356 e. The van der Waals surface area contributed by atoms with E-state index < -0.39 is 17.6 Å². The molecule has 1 unspecified atom stereocenters. The van der Waals surface area contributed by atoms with E-state index in [1.165, 1.54) is 6.92 Å². The van der Waals surface area contributed by atoms with Gasteiger partial charge in [-0.3, -0.25) is 4.79 Å². The quantitative estimate of drug-likeness (QED) is 0.395. The van der Waals surface area contributed by atoms with E-state index in [-0.39, 0.29) is 5.57 Å². The maximum absolute atomic E-state index is 10.8. The summed E-state index contributed by atoms with van der Waals surface area (Å²) in [5.74, 6) is -2.21. The van der Waals surface area contributed by atoms with Gasteiger partial charge in [-0.05, 0) is 13.8 Å². The summed E-state index contributed by atoms with van der Waals surface area (Å²) in [4.78, 5) is 21.1. The number of aliphatic carboxylic acids is 1. The largest absolute Gasteiger partial charge is 0.478 e.